The van der Waals surface area contributed by atoms with E-state index in [-0.39, 0.29) is 11.4 Å². The van der Waals surface area contributed by atoms with Gasteiger partial charge in [-0.25, -0.2) is 0 Å². The Kier molecular flexibility index (Phi) is 5.60. The lowest BCUT2D eigenvalue weighted by Gasteiger charge is -2.31. The van der Waals surface area contributed by atoms with E-state index >= 15 is 0 Å². The summed E-state index contributed by atoms with van der Waals surface area (Å²) in [6, 6.07) is 5.38. The molecule has 0 aromatic heterocycles. The van der Waals surface area contributed by atoms with E-state index in [0.29, 0.717) is 6.04 Å². The number of hydrogen-bond acceptors (Lipinski definition) is 4. The molecule has 0 saturated heterocycles. The molecule has 1 aromatic rings. The molecular weight excluding hydrogens is 242 g/mol. The highest BCUT2D eigenvalue weighted by Crippen LogP contribution is 2.28. The second-order valence-corrected chi connectivity index (χ2v) is 4.80. The fourth-order valence-corrected chi connectivity index (χ4v) is 2.04. The van der Waals surface area contributed by atoms with Gasteiger partial charge in [0.15, 0.2) is 0 Å². The second kappa shape index (κ2) is 6.97. The number of rotatable bonds is 7. The van der Waals surface area contributed by atoms with Gasteiger partial charge in [-0.3, -0.25) is 10.1 Å². The van der Waals surface area contributed by atoms with E-state index in [9.17, 15) is 10.1 Å². The maximum atomic E-state index is 10.8. The number of unbranched alkanes of at least 4 members (excludes halogenated alkanes) is 1. The highest BCUT2D eigenvalue weighted by molar-refractivity contribution is 5.66. The average Bonchev–Trinajstić information content (AvgIpc) is 2.38. The number of nitrogens with zero attached hydrogens (tertiary/aromatic N) is 2. The molecule has 0 bridgehead atoms. The van der Waals surface area contributed by atoms with Crippen LogP contribution in [0, 0.1) is 10.1 Å². The molecule has 0 amide bonds. The molecule has 0 aliphatic heterocycles. The monoisotopic (exact) mass is 265 g/mol. The Bertz CT molecular complexity index is 435. The van der Waals surface area contributed by atoms with E-state index in [1.807, 2.05) is 0 Å². The summed E-state index contributed by atoms with van der Waals surface area (Å²) >= 11 is 0. The summed E-state index contributed by atoms with van der Waals surface area (Å²) in [5.74, 6) is 0. The van der Waals surface area contributed by atoms with Gasteiger partial charge in [0, 0.05) is 24.3 Å². The van der Waals surface area contributed by atoms with Gasteiger partial charge >= 0.3 is 0 Å². The first-order valence-electron chi connectivity index (χ1n) is 6.81. The number of anilines is 2. The van der Waals surface area contributed by atoms with Crippen LogP contribution in [0.5, 0.6) is 0 Å². The minimum Gasteiger partial charge on any atom is -0.393 e. The van der Waals surface area contributed by atoms with E-state index in [1.54, 1.807) is 12.1 Å². The number of nitro benzene ring substituents is 1. The normalized spacial score (nSPS) is 12.2. The molecule has 106 valence electrons. The van der Waals surface area contributed by atoms with Gasteiger partial charge in [0.25, 0.3) is 5.69 Å². The van der Waals surface area contributed by atoms with Crippen molar-refractivity contribution in [3.8, 4) is 0 Å². The van der Waals surface area contributed by atoms with Crippen LogP contribution in [-0.2, 0) is 0 Å². The average molecular weight is 265 g/mol. The number of hydrogen-bond donors (Lipinski definition) is 1. The first-order valence-corrected chi connectivity index (χ1v) is 6.81. The van der Waals surface area contributed by atoms with Crippen molar-refractivity contribution in [1.29, 1.82) is 0 Å². The molecule has 5 nitrogen and oxygen atoms in total. The van der Waals surface area contributed by atoms with Crippen LogP contribution >= 0.6 is 0 Å². The third kappa shape index (κ3) is 3.84. The minimum atomic E-state index is -0.446. The minimum absolute atomic E-state index is 0.0247. The number of benzene rings is 1. The Hall–Kier alpha value is -1.78. The van der Waals surface area contributed by atoms with Crippen LogP contribution in [0.2, 0.25) is 0 Å². The van der Waals surface area contributed by atoms with Crippen molar-refractivity contribution >= 4 is 17.1 Å². The summed E-state index contributed by atoms with van der Waals surface area (Å²) in [4.78, 5) is 12.6. The molecule has 0 heterocycles. The number of nitrogen functional groups attached to an aromatic ring is 1. The van der Waals surface area contributed by atoms with Crippen molar-refractivity contribution in [2.45, 2.75) is 46.1 Å². The van der Waals surface area contributed by atoms with Gasteiger partial charge in [-0.15, -0.1) is 0 Å². The van der Waals surface area contributed by atoms with Crippen LogP contribution in [0.25, 0.3) is 0 Å². The Morgan fingerprint density at radius 2 is 2.11 bits per heavy atom. The number of nitrogens with two attached hydrogens (primary N) is 1. The van der Waals surface area contributed by atoms with Gasteiger partial charge in [-0.05, 0) is 31.9 Å². The van der Waals surface area contributed by atoms with Crippen LogP contribution < -0.4 is 10.6 Å². The van der Waals surface area contributed by atoms with Gasteiger partial charge in [-0.1, -0.05) is 20.3 Å². The van der Waals surface area contributed by atoms with Crippen LogP contribution in [-0.4, -0.2) is 17.5 Å². The summed E-state index contributed by atoms with van der Waals surface area (Å²) in [5, 5.41) is 10.8. The zero-order valence-electron chi connectivity index (χ0n) is 11.9. The lowest BCUT2D eigenvalue weighted by molar-refractivity contribution is -0.383. The van der Waals surface area contributed by atoms with E-state index in [1.165, 1.54) is 6.07 Å². The quantitative estimate of drug-likeness (QED) is 0.464. The van der Waals surface area contributed by atoms with Crippen molar-refractivity contribution in [3.05, 3.63) is 28.3 Å². The molecule has 5 heteroatoms. The molecule has 0 fully saturated rings. The highest BCUT2D eigenvalue weighted by Gasteiger charge is 2.17. The maximum absolute atomic E-state index is 10.8. The second-order valence-electron chi connectivity index (χ2n) is 4.80. The van der Waals surface area contributed by atoms with E-state index in [0.717, 1.165) is 31.5 Å². The van der Waals surface area contributed by atoms with E-state index in [2.05, 4.69) is 25.7 Å². The van der Waals surface area contributed by atoms with E-state index < -0.39 is 4.92 Å². The predicted molar refractivity (Wildman–Crippen MR) is 79.5 cm³/mol. The first-order chi connectivity index (χ1) is 9.01. The van der Waals surface area contributed by atoms with Gasteiger partial charge in [-0.2, -0.15) is 0 Å². The molecule has 0 radical (unpaired) electrons. The summed E-state index contributed by atoms with van der Waals surface area (Å²) < 4.78 is 0. The Balaban J connectivity index is 3.02. The molecule has 19 heavy (non-hydrogen) atoms. The van der Waals surface area contributed by atoms with Crippen LogP contribution in [0.4, 0.5) is 17.1 Å². The van der Waals surface area contributed by atoms with Crippen molar-refractivity contribution in [2.75, 3.05) is 17.2 Å². The fourth-order valence-electron chi connectivity index (χ4n) is 2.04. The van der Waals surface area contributed by atoms with Gasteiger partial charge in [0.1, 0.15) is 5.69 Å². The van der Waals surface area contributed by atoms with E-state index in [4.69, 9.17) is 5.73 Å². The number of nitro groups is 1. The largest absolute Gasteiger partial charge is 0.393 e. The molecule has 2 N–H and O–H groups in total. The molecule has 0 aliphatic rings. The maximum Gasteiger partial charge on any atom is 0.292 e. The van der Waals surface area contributed by atoms with Crippen LogP contribution in [0.1, 0.15) is 40.0 Å². The van der Waals surface area contributed by atoms with Gasteiger partial charge in [0.05, 0.1) is 4.92 Å². The Morgan fingerprint density at radius 3 is 2.58 bits per heavy atom. The molecule has 1 atom stereocenters. The lowest BCUT2D eigenvalue weighted by Crippen LogP contribution is -2.33. The zero-order valence-corrected chi connectivity index (χ0v) is 11.9. The summed E-state index contributed by atoms with van der Waals surface area (Å²) in [6.07, 6.45) is 3.25. The van der Waals surface area contributed by atoms with Crippen molar-refractivity contribution in [2.24, 2.45) is 0 Å². The smallest absolute Gasteiger partial charge is 0.292 e. The Labute approximate surface area is 114 Å². The van der Waals surface area contributed by atoms with Gasteiger partial charge < -0.3 is 10.6 Å². The lowest BCUT2D eigenvalue weighted by atomic mass is 10.1. The van der Waals surface area contributed by atoms with Crippen molar-refractivity contribution in [3.63, 3.8) is 0 Å². The summed E-state index contributed by atoms with van der Waals surface area (Å²) in [5.41, 5.74) is 6.93. The topological polar surface area (TPSA) is 72.4 Å². The molecular formula is C14H23N3O2. The van der Waals surface area contributed by atoms with Crippen LogP contribution in [0.15, 0.2) is 18.2 Å². The van der Waals surface area contributed by atoms with Gasteiger partial charge in [0.2, 0.25) is 0 Å². The first kappa shape index (κ1) is 15.3. The molecule has 1 unspecified atom stereocenters. The third-order valence-electron chi connectivity index (χ3n) is 3.41. The fraction of sp³-hybridized carbons (Fsp3) is 0.571. The highest BCUT2D eigenvalue weighted by atomic mass is 16.6. The van der Waals surface area contributed by atoms with Crippen molar-refractivity contribution in [1.82, 2.24) is 0 Å². The summed E-state index contributed by atoms with van der Waals surface area (Å²) in [7, 11) is 0. The molecule has 1 rings (SSSR count). The molecule has 0 saturated carbocycles. The zero-order chi connectivity index (χ0) is 14.4. The standard InChI is InChI=1S/C14H23N3O2/c1-4-6-9-16(11(3)5-2)12-7-8-14(17(18)19)13(15)10-12/h7-8,10-11H,4-6,9,15H2,1-3H3. The SMILES string of the molecule is CCCCN(c1ccc([N+](=O)[O-])c(N)c1)C(C)CC. The summed E-state index contributed by atoms with van der Waals surface area (Å²) in [6.45, 7) is 7.40. The molecule has 0 aliphatic carbocycles. The third-order valence-corrected chi connectivity index (χ3v) is 3.41. The molecule has 1 aromatic carbocycles. The van der Waals surface area contributed by atoms with Crippen LogP contribution in [0.3, 0.4) is 0 Å². The van der Waals surface area contributed by atoms with Crippen molar-refractivity contribution < 1.29 is 4.92 Å². The molecule has 0 spiro atoms. The predicted octanol–water partition coefficient (Wildman–Crippen LogP) is 3.58. The Morgan fingerprint density at radius 1 is 1.42 bits per heavy atom.